The zero-order valence-corrected chi connectivity index (χ0v) is 12.2. The van der Waals surface area contributed by atoms with E-state index in [1.165, 1.54) is 0 Å². The number of pyridine rings is 1. The summed E-state index contributed by atoms with van der Waals surface area (Å²) in [5.74, 6) is -0.187. The van der Waals surface area contributed by atoms with Crippen LogP contribution in [0.15, 0.2) is 48.8 Å². The molecule has 0 aliphatic heterocycles. The first-order valence-electron chi connectivity index (χ1n) is 6.45. The van der Waals surface area contributed by atoms with Crippen LogP contribution in [0.3, 0.4) is 0 Å². The van der Waals surface area contributed by atoms with E-state index in [9.17, 15) is 8.42 Å². The lowest BCUT2D eigenvalue weighted by Gasteiger charge is -2.08. The molecule has 6 heteroatoms. The van der Waals surface area contributed by atoms with Gasteiger partial charge in [-0.05, 0) is 35.7 Å². The summed E-state index contributed by atoms with van der Waals surface area (Å²) < 4.78 is 26.6. The van der Waals surface area contributed by atoms with Crippen molar-refractivity contribution in [3.63, 3.8) is 0 Å². The van der Waals surface area contributed by atoms with Crippen molar-refractivity contribution in [1.29, 1.82) is 5.26 Å². The van der Waals surface area contributed by atoms with Crippen LogP contribution in [-0.2, 0) is 22.2 Å². The number of nitrogens with zero attached hydrogens (tertiary/aromatic N) is 2. The summed E-state index contributed by atoms with van der Waals surface area (Å²) >= 11 is 0. The molecule has 2 rings (SSSR count). The lowest BCUT2D eigenvalue weighted by atomic mass is 10.1. The molecule has 0 radical (unpaired) electrons. The van der Waals surface area contributed by atoms with Crippen molar-refractivity contribution in [1.82, 2.24) is 9.71 Å². The average Bonchev–Trinajstić information content (AvgIpc) is 2.48. The summed E-state index contributed by atoms with van der Waals surface area (Å²) in [6.45, 7) is 0.321. The number of hydrogen-bond donors (Lipinski definition) is 1. The molecule has 1 aromatic heterocycles. The summed E-state index contributed by atoms with van der Waals surface area (Å²) in [6, 6.07) is 12.4. The summed E-state index contributed by atoms with van der Waals surface area (Å²) in [6.07, 6.45) is 3.95. The maximum Gasteiger partial charge on any atom is 0.215 e. The Morgan fingerprint density at radius 2 is 1.86 bits per heavy atom. The fraction of sp³-hybridized carbons (Fsp3) is 0.200. The molecule has 1 heterocycles. The molecule has 2 aromatic rings. The molecule has 1 N–H and O–H groups in total. The quantitative estimate of drug-likeness (QED) is 0.878. The standard InChI is InChI=1S/C15H15N3O2S/c16-11-14-3-1-2-4-15(14)12-21(19,20)18-10-7-13-5-8-17-9-6-13/h1-6,8-9,18H,7,10,12H2. The molecule has 21 heavy (non-hydrogen) atoms. The first kappa shape index (κ1) is 15.2. The second-order valence-corrected chi connectivity index (χ2v) is 6.33. The van der Waals surface area contributed by atoms with Crippen molar-refractivity contribution < 1.29 is 8.42 Å². The van der Waals surface area contributed by atoms with Crippen molar-refractivity contribution in [2.45, 2.75) is 12.2 Å². The van der Waals surface area contributed by atoms with Gasteiger partial charge in [0, 0.05) is 18.9 Å². The molecular formula is C15H15N3O2S. The van der Waals surface area contributed by atoms with E-state index in [1.807, 2.05) is 18.2 Å². The third kappa shape index (κ3) is 4.67. The van der Waals surface area contributed by atoms with Crippen molar-refractivity contribution in [2.75, 3.05) is 6.54 Å². The lowest BCUT2D eigenvalue weighted by Crippen LogP contribution is -2.27. The van der Waals surface area contributed by atoms with Crippen LogP contribution in [0.25, 0.3) is 0 Å². The van der Waals surface area contributed by atoms with E-state index in [0.29, 0.717) is 24.1 Å². The molecule has 5 nitrogen and oxygen atoms in total. The average molecular weight is 301 g/mol. The van der Waals surface area contributed by atoms with Crippen LogP contribution in [0.2, 0.25) is 0 Å². The van der Waals surface area contributed by atoms with Gasteiger partial charge in [-0.25, -0.2) is 13.1 Å². The first-order chi connectivity index (χ1) is 10.1. The van der Waals surface area contributed by atoms with Gasteiger partial charge in [-0.1, -0.05) is 18.2 Å². The minimum absolute atomic E-state index is 0.187. The molecule has 0 fully saturated rings. The summed E-state index contributed by atoms with van der Waals surface area (Å²) in [5.41, 5.74) is 1.92. The van der Waals surface area contributed by atoms with E-state index in [2.05, 4.69) is 9.71 Å². The van der Waals surface area contributed by atoms with Gasteiger partial charge in [0.2, 0.25) is 10.0 Å². The van der Waals surface area contributed by atoms with Crippen molar-refractivity contribution in [3.8, 4) is 6.07 Å². The minimum atomic E-state index is -3.45. The van der Waals surface area contributed by atoms with Crippen LogP contribution in [0.4, 0.5) is 0 Å². The molecule has 0 saturated heterocycles. The molecule has 108 valence electrons. The molecular weight excluding hydrogens is 286 g/mol. The Balaban J connectivity index is 1.95. The second-order valence-electron chi connectivity index (χ2n) is 4.53. The third-order valence-electron chi connectivity index (χ3n) is 2.97. The lowest BCUT2D eigenvalue weighted by molar-refractivity contribution is 0.580. The van der Waals surface area contributed by atoms with E-state index >= 15 is 0 Å². The van der Waals surface area contributed by atoms with Crippen molar-refractivity contribution in [3.05, 3.63) is 65.5 Å². The van der Waals surface area contributed by atoms with Gasteiger partial charge in [-0.3, -0.25) is 4.98 Å². The molecule has 1 aromatic carbocycles. The molecule has 0 unspecified atom stereocenters. The molecule has 0 aliphatic carbocycles. The summed E-state index contributed by atoms with van der Waals surface area (Å²) in [4.78, 5) is 3.91. The zero-order chi connectivity index (χ0) is 15.1. The van der Waals surface area contributed by atoms with Crippen LogP contribution in [0.5, 0.6) is 0 Å². The first-order valence-corrected chi connectivity index (χ1v) is 8.10. The Morgan fingerprint density at radius 1 is 1.14 bits per heavy atom. The van der Waals surface area contributed by atoms with E-state index < -0.39 is 10.0 Å². The molecule has 0 bridgehead atoms. The SMILES string of the molecule is N#Cc1ccccc1CS(=O)(=O)NCCc1ccncc1. The van der Waals surface area contributed by atoms with Gasteiger partial charge in [-0.2, -0.15) is 5.26 Å². The molecule has 0 spiro atoms. The Bertz CT molecular complexity index is 737. The van der Waals surface area contributed by atoms with Gasteiger partial charge in [0.1, 0.15) is 0 Å². The highest BCUT2D eigenvalue weighted by Gasteiger charge is 2.13. The molecule has 0 aliphatic rings. The normalized spacial score (nSPS) is 11.0. The number of benzene rings is 1. The predicted molar refractivity (Wildman–Crippen MR) is 79.7 cm³/mol. The van der Waals surface area contributed by atoms with Crippen LogP contribution < -0.4 is 4.72 Å². The largest absolute Gasteiger partial charge is 0.265 e. The fourth-order valence-electron chi connectivity index (χ4n) is 1.91. The van der Waals surface area contributed by atoms with Gasteiger partial charge in [0.05, 0.1) is 17.4 Å². The van der Waals surface area contributed by atoms with Gasteiger partial charge in [0.15, 0.2) is 0 Å². The number of nitrogens with one attached hydrogen (secondary N) is 1. The molecule has 0 atom stereocenters. The van der Waals surface area contributed by atoms with Gasteiger partial charge in [-0.15, -0.1) is 0 Å². The molecule has 0 amide bonds. The fourth-order valence-corrected chi connectivity index (χ4v) is 3.09. The smallest absolute Gasteiger partial charge is 0.215 e. The van der Waals surface area contributed by atoms with Crippen molar-refractivity contribution >= 4 is 10.0 Å². The monoisotopic (exact) mass is 301 g/mol. The van der Waals surface area contributed by atoms with Crippen molar-refractivity contribution in [2.24, 2.45) is 0 Å². The zero-order valence-electron chi connectivity index (χ0n) is 11.4. The number of sulfonamides is 1. The highest BCUT2D eigenvalue weighted by molar-refractivity contribution is 7.88. The Kier molecular flexibility index (Phi) is 5.04. The summed E-state index contributed by atoms with van der Waals surface area (Å²) in [5, 5.41) is 8.97. The maximum absolute atomic E-state index is 12.0. The number of nitriles is 1. The maximum atomic E-state index is 12.0. The number of aromatic nitrogens is 1. The summed E-state index contributed by atoms with van der Waals surface area (Å²) in [7, 11) is -3.45. The number of hydrogen-bond acceptors (Lipinski definition) is 4. The third-order valence-corrected chi connectivity index (χ3v) is 4.30. The van der Waals surface area contributed by atoms with Crippen LogP contribution in [0, 0.1) is 11.3 Å². The van der Waals surface area contributed by atoms with E-state index in [-0.39, 0.29) is 5.75 Å². The Labute approximate surface area is 124 Å². The number of rotatable bonds is 6. The van der Waals surface area contributed by atoms with Gasteiger partial charge >= 0.3 is 0 Å². The van der Waals surface area contributed by atoms with Gasteiger partial charge in [0.25, 0.3) is 0 Å². The highest BCUT2D eigenvalue weighted by atomic mass is 32.2. The topological polar surface area (TPSA) is 82.8 Å². The predicted octanol–water partition coefficient (Wildman–Crippen LogP) is 1.62. The van der Waals surface area contributed by atoms with E-state index in [4.69, 9.17) is 5.26 Å². The molecule has 0 saturated carbocycles. The minimum Gasteiger partial charge on any atom is -0.265 e. The van der Waals surface area contributed by atoms with E-state index in [0.717, 1.165) is 5.56 Å². The Morgan fingerprint density at radius 3 is 2.57 bits per heavy atom. The van der Waals surface area contributed by atoms with E-state index in [1.54, 1.807) is 36.7 Å². The Hall–Kier alpha value is -2.23. The van der Waals surface area contributed by atoms with Crippen LogP contribution >= 0.6 is 0 Å². The van der Waals surface area contributed by atoms with Crippen LogP contribution in [-0.4, -0.2) is 19.9 Å². The van der Waals surface area contributed by atoms with Crippen LogP contribution in [0.1, 0.15) is 16.7 Å². The van der Waals surface area contributed by atoms with Gasteiger partial charge < -0.3 is 0 Å². The highest BCUT2D eigenvalue weighted by Crippen LogP contribution is 2.10. The second kappa shape index (κ2) is 6.97.